The first-order chi connectivity index (χ1) is 6.22. The van der Waals surface area contributed by atoms with Gasteiger partial charge in [0.15, 0.2) is 0 Å². The lowest BCUT2D eigenvalue weighted by Gasteiger charge is -1.88. The number of furan rings is 1. The summed E-state index contributed by atoms with van der Waals surface area (Å²) in [6.07, 6.45) is 0. The Morgan fingerprint density at radius 1 is 1.46 bits per heavy atom. The molecule has 2 aromatic rings. The Morgan fingerprint density at radius 2 is 2.23 bits per heavy atom. The van der Waals surface area contributed by atoms with Gasteiger partial charge in [-0.15, -0.1) is 0 Å². The Morgan fingerprint density at radius 3 is 2.92 bits per heavy atom. The number of nitrogen functional groups attached to an aromatic ring is 1. The molecule has 0 unspecified atom stereocenters. The van der Waals surface area contributed by atoms with Crippen molar-refractivity contribution in [3.8, 4) is 6.07 Å². The maximum absolute atomic E-state index is 12.7. The van der Waals surface area contributed by atoms with Crippen molar-refractivity contribution in [2.24, 2.45) is 0 Å². The van der Waals surface area contributed by atoms with Gasteiger partial charge in [0.05, 0.1) is 5.69 Å². The van der Waals surface area contributed by atoms with Crippen LogP contribution in [0.25, 0.3) is 11.0 Å². The van der Waals surface area contributed by atoms with Gasteiger partial charge >= 0.3 is 0 Å². The van der Waals surface area contributed by atoms with Gasteiger partial charge in [-0.05, 0) is 12.1 Å². The second-order valence-electron chi connectivity index (χ2n) is 2.60. The third-order valence-corrected chi connectivity index (χ3v) is 1.79. The molecule has 0 atom stereocenters. The van der Waals surface area contributed by atoms with Crippen molar-refractivity contribution in [3.63, 3.8) is 0 Å². The topological polar surface area (TPSA) is 63.0 Å². The van der Waals surface area contributed by atoms with Gasteiger partial charge in [-0.2, -0.15) is 5.26 Å². The maximum atomic E-state index is 12.7. The summed E-state index contributed by atoms with van der Waals surface area (Å²) < 4.78 is 17.7. The molecule has 1 aromatic heterocycles. The fourth-order valence-electron chi connectivity index (χ4n) is 1.17. The minimum absolute atomic E-state index is 0.0283. The van der Waals surface area contributed by atoms with Gasteiger partial charge in [-0.1, -0.05) is 0 Å². The number of halogens is 1. The van der Waals surface area contributed by atoms with Crippen LogP contribution in [0, 0.1) is 17.1 Å². The van der Waals surface area contributed by atoms with E-state index in [0.717, 1.165) is 0 Å². The minimum atomic E-state index is -0.411. The normalized spacial score (nSPS) is 10.2. The zero-order valence-electron chi connectivity index (χ0n) is 6.54. The maximum Gasteiger partial charge on any atom is 0.227 e. The standard InChI is InChI=1S/C9H5FN2O/c10-5-1-2-6-7(3-5)13-8(4-11)9(6)12/h1-3H,12H2. The summed E-state index contributed by atoms with van der Waals surface area (Å²) in [6, 6.07) is 5.75. The van der Waals surface area contributed by atoms with E-state index in [9.17, 15) is 4.39 Å². The molecular formula is C9H5FN2O. The molecule has 0 fully saturated rings. The largest absolute Gasteiger partial charge is 0.443 e. The average Bonchev–Trinajstić information content (AvgIpc) is 2.42. The van der Waals surface area contributed by atoms with Crippen LogP contribution in [0.3, 0.4) is 0 Å². The zero-order chi connectivity index (χ0) is 9.42. The van der Waals surface area contributed by atoms with E-state index < -0.39 is 5.82 Å². The Bertz CT molecular complexity index is 510. The number of nitrogens with zero attached hydrogens (tertiary/aromatic N) is 1. The smallest absolute Gasteiger partial charge is 0.227 e. The molecule has 0 bridgehead atoms. The van der Waals surface area contributed by atoms with Crippen LogP contribution in [-0.4, -0.2) is 0 Å². The molecular weight excluding hydrogens is 171 g/mol. The number of anilines is 1. The Hall–Kier alpha value is -2.02. The van der Waals surface area contributed by atoms with Gasteiger partial charge in [0, 0.05) is 11.5 Å². The number of fused-ring (bicyclic) bond motifs is 1. The van der Waals surface area contributed by atoms with E-state index in [1.807, 2.05) is 0 Å². The van der Waals surface area contributed by atoms with Crippen LogP contribution in [0.1, 0.15) is 5.76 Å². The SMILES string of the molecule is N#Cc1oc2cc(F)ccc2c1N. The van der Waals surface area contributed by atoms with Crippen molar-refractivity contribution >= 4 is 16.7 Å². The van der Waals surface area contributed by atoms with Gasteiger partial charge in [-0.3, -0.25) is 0 Å². The first kappa shape index (κ1) is 7.62. The molecule has 3 nitrogen and oxygen atoms in total. The number of nitrogens with two attached hydrogens (primary N) is 1. The first-order valence-corrected chi connectivity index (χ1v) is 3.60. The molecule has 0 saturated heterocycles. The van der Waals surface area contributed by atoms with Crippen LogP contribution >= 0.6 is 0 Å². The van der Waals surface area contributed by atoms with Gasteiger partial charge < -0.3 is 10.2 Å². The highest BCUT2D eigenvalue weighted by atomic mass is 19.1. The molecule has 13 heavy (non-hydrogen) atoms. The van der Waals surface area contributed by atoms with E-state index in [1.54, 1.807) is 6.07 Å². The highest BCUT2D eigenvalue weighted by molar-refractivity contribution is 5.92. The summed E-state index contributed by atoms with van der Waals surface area (Å²) in [5.41, 5.74) is 6.12. The minimum Gasteiger partial charge on any atom is -0.443 e. The molecule has 2 N–H and O–H groups in total. The Balaban J connectivity index is 2.86. The number of hydrogen-bond donors (Lipinski definition) is 1. The number of rotatable bonds is 0. The summed E-state index contributed by atoms with van der Waals surface area (Å²) in [5, 5.41) is 9.14. The third kappa shape index (κ3) is 1.02. The molecule has 0 radical (unpaired) electrons. The molecule has 0 spiro atoms. The van der Waals surface area contributed by atoms with Gasteiger partial charge in [0.25, 0.3) is 0 Å². The molecule has 4 heteroatoms. The second kappa shape index (κ2) is 2.49. The summed E-state index contributed by atoms with van der Waals surface area (Å²) in [7, 11) is 0. The Labute approximate surface area is 73.2 Å². The van der Waals surface area contributed by atoms with E-state index >= 15 is 0 Å². The van der Waals surface area contributed by atoms with E-state index in [4.69, 9.17) is 15.4 Å². The lowest BCUT2D eigenvalue weighted by atomic mass is 10.2. The van der Waals surface area contributed by atoms with E-state index in [0.29, 0.717) is 11.0 Å². The predicted molar refractivity (Wildman–Crippen MR) is 45.3 cm³/mol. The molecule has 0 aliphatic heterocycles. The summed E-state index contributed by atoms with van der Waals surface area (Å²) >= 11 is 0. The monoisotopic (exact) mass is 176 g/mol. The average molecular weight is 176 g/mol. The van der Waals surface area contributed by atoms with Crippen molar-refractivity contribution in [1.29, 1.82) is 5.26 Å². The zero-order valence-corrected chi connectivity index (χ0v) is 6.54. The van der Waals surface area contributed by atoms with Crippen molar-refractivity contribution in [2.45, 2.75) is 0 Å². The molecule has 1 heterocycles. The van der Waals surface area contributed by atoms with Gasteiger partial charge in [0.2, 0.25) is 5.76 Å². The van der Waals surface area contributed by atoms with Crippen LogP contribution in [0.5, 0.6) is 0 Å². The van der Waals surface area contributed by atoms with Crippen LogP contribution in [0.2, 0.25) is 0 Å². The number of benzene rings is 1. The molecule has 64 valence electrons. The quantitative estimate of drug-likeness (QED) is 0.667. The molecule has 0 aliphatic rings. The molecule has 0 aliphatic carbocycles. The van der Waals surface area contributed by atoms with E-state index in [2.05, 4.69) is 0 Å². The van der Waals surface area contributed by atoms with Crippen LogP contribution in [-0.2, 0) is 0 Å². The summed E-state index contributed by atoms with van der Waals surface area (Å²) in [4.78, 5) is 0. The summed E-state index contributed by atoms with van der Waals surface area (Å²) in [5.74, 6) is -0.383. The first-order valence-electron chi connectivity index (χ1n) is 3.60. The third-order valence-electron chi connectivity index (χ3n) is 1.79. The van der Waals surface area contributed by atoms with Crippen molar-refractivity contribution in [3.05, 3.63) is 29.8 Å². The van der Waals surface area contributed by atoms with E-state index in [-0.39, 0.29) is 11.4 Å². The molecule has 0 amide bonds. The highest BCUT2D eigenvalue weighted by Gasteiger charge is 2.10. The molecule has 0 saturated carbocycles. The lowest BCUT2D eigenvalue weighted by Crippen LogP contribution is -1.84. The van der Waals surface area contributed by atoms with Crippen LogP contribution in [0.15, 0.2) is 22.6 Å². The van der Waals surface area contributed by atoms with Gasteiger partial charge in [-0.25, -0.2) is 4.39 Å². The second-order valence-corrected chi connectivity index (χ2v) is 2.60. The fraction of sp³-hybridized carbons (Fsp3) is 0. The molecule has 2 rings (SSSR count). The summed E-state index contributed by atoms with van der Waals surface area (Å²) in [6.45, 7) is 0. The lowest BCUT2D eigenvalue weighted by molar-refractivity contribution is 0.589. The molecule has 1 aromatic carbocycles. The highest BCUT2D eigenvalue weighted by Crippen LogP contribution is 2.27. The van der Waals surface area contributed by atoms with Gasteiger partial charge in [0.1, 0.15) is 17.5 Å². The van der Waals surface area contributed by atoms with E-state index in [1.165, 1.54) is 18.2 Å². The van der Waals surface area contributed by atoms with Crippen molar-refractivity contribution in [2.75, 3.05) is 5.73 Å². The Kier molecular flexibility index (Phi) is 1.46. The van der Waals surface area contributed by atoms with Crippen LogP contribution in [0.4, 0.5) is 10.1 Å². The van der Waals surface area contributed by atoms with Crippen molar-refractivity contribution in [1.82, 2.24) is 0 Å². The predicted octanol–water partition coefficient (Wildman–Crippen LogP) is 2.03. The number of hydrogen-bond acceptors (Lipinski definition) is 3. The van der Waals surface area contributed by atoms with Crippen LogP contribution < -0.4 is 5.73 Å². The number of nitriles is 1. The van der Waals surface area contributed by atoms with Crippen molar-refractivity contribution < 1.29 is 8.81 Å². The fourth-order valence-corrected chi connectivity index (χ4v) is 1.17.